The number of rotatable bonds is 21. The van der Waals surface area contributed by atoms with Gasteiger partial charge < -0.3 is 39.7 Å². The van der Waals surface area contributed by atoms with Gasteiger partial charge in [0.25, 0.3) is 0 Å². The number of benzene rings is 2. The molecule has 6 N–H and O–H groups in total. The van der Waals surface area contributed by atoms with E-state index in [1.54, 1.807) is 9.32 Å². The number of hydrogen-bond acceptors (Lipinski definition) is 12. The van der Waals surface area contributed by atoms with Gasteiger partial charge in [0, 0.05) is 51.4 Å². The van der Waals surface area contributed by atoms with Gasteiger partial charge in [-0.05, 0) is 185 Å². The Labute approximate surface area is 471 Å². The highest BCUT2D eigenvalue weighted by Crippen LogP contribution is 2.40. The first-order valence-electron chi connectivity index (χ1n) is 27.3. The molecule has 18 heteroatoms. The number of carbonyl (C=O) groups excluding carboxylic acids is 4. The van der Waals surface area contributed by atoms with Crippen molar-refractivity contribution in [2.75, 3.05) is 51.4 Å². The fourth-order valence-electron chi connectivity index (χ4n) is 9.92. The predicted octanol–water partition coefficient (Wildman–Crippen LogP) is 8.81. The normalized spacial score (nSPS) is 20.9. The zero-order chi connectivity index (χ0) is 57.8. The van der Waals surface area contributed by atoms with E-state index in [4.69, 9.17) is 31.5 Å². The fraction of sp³-hybridized carbons (Fsp3) is 0.724. The van der Waals surface area contributed by atoms with Gasteiger partial charge in [0.2, 0.25) is 23.6 Å². The highest BCUT2D eigenvalue weighted by molar-refractivity contribution is 9.09. The van der Waals surface area contributed by atoms with E-state index in [1.165, 1.54) is 17.5 Å². The summed E-state index contributed by atoms with van der Waals surface area (Å²) in [5, 5.41) is 31.2. The van der Waals surface area contributed by atoms with E-state index in [0.717, 1.165) is 70.2 Å². The first-order valence-corrected chi connectivity index (χ1v) is 28.8. The monoisotopic (exact) mass is 1150 g/mol. The Kier molecular flexibility index (Phi) is 27.5. The number of aliphatic hydroxyl groups excluding tert-OH is 2. The second-order valence-corrected chi connectivity index (χ2v) is 25.3. The summed E-state index contributed by atoms with van der Waals surface area (Å²) in [6.45, 7) is 36.5. The average molecular weight is 1150 g/mol. The van der Waals surface area contributed by atoms with Gasteiger partial charge >= 0.3 is 0 Å². The molecule has 0 aromatic heterocycles. The molecule has 0 atom stereocenters. The number of alkyl halides is 1. The fourth-order valence-corrected chi connectivity index (χ4v) is 10.5. The predicted molar refractivity (Wildman–Crippen MR) is 310 cm³/mol. The molecule has 16 nitrogen and oxygen atoms in total. The van der Waals surface area contributed by atoms with E-state index >= 15 is 0 Å². The van der Waals surface area contributed by atoms with E-state index in [-0.39, 0.29) is 53.8 Å². The maximum Gasteiger partial charge on any atom is 0.245 e. The number of nitrogens with zero attached hydrogens (tertiary/aromatic N) is 4. The van der Waals surface area contributed by atoms with Crippen LogP contribution in [-0.2, 0) is 41.9 Å². The number of carbonyl (C=O) groups is 4. The minimum atomic E-state index is -0.662. The summed E-state index contributed by atoms with van der Waals surface area (Å²) in [6, 6.07) is 20.5. The van der Waals surface area contributed by atoms with E-state index in [9.17, 15) is 19.2 Å². The van der Waals surface area contributed by atoms with Gasteiger partial charge in [-0.1, -0.05) is 76.6 Å². The quantitative estimate of drug-likeness (QED) is 0.0397. The lowest BCUT2D eigenvalue weighted by Crippen LogP contribution is -2.48. The third kappa shape index (κ3) is 21.1. The Balaban J connectivity index is 0.000000333. The number of nitrogens with one attached hydrogen (secondary N) is 4. The molecule has 2 aromatic rings. The van der Waals surface area contributed by atoms with Crippen molar-refractivity contribution in [2.24, 2.45) is 0 Å². The molecule has 4 aliphatic heterocycles. The average Bonchev–Trinajstić information content (AvgIpc) is 3.75. The molecule has 76 heavy (non-hydrogen) atoms. The highest BCUT2D eigenvalue weighted by atomic mass is 79.9. The molecule has 434 valence electrons. The Hall–Kier alpha value is -3.23. The third-order valence-electron chi connectivity index (χ3n) is 13.6. The van der Waals surface area contributed by atoms with Gasteiger partial charge in [0.1, 0.15) is 11.2 Å². The minimum absolute atomic E-state index is 0.0467. The standard InChI is InChI=1S/C18H28N2O2.C11H15BrO.C11H21ClN2O2.C11H22N2O2.C7H14N2O/c1-17(2)16(21)20(18(3,4)19-17)12-8-9-13-22-14-15-10-6-5-7-11-15;12-8-4-5-9-13-10-11-6-2-1-3-7-11;1-10(2)9(16)13(7-5-6-8-15)11(3,4)14(10)12;1-10(2)9(15)13(7-5-6-8-14)11(3,4)12-10;1-6(2)5(10)8-7(3,4)9-6/h5-7,10-11,19H,8-9,12-14H2,1-4H3;1-3,6-7H,4-5,8-10H2;15H,5-8H2,1-4H3;12,14H,5-8H2,1-4H3;9H,1-4H3,(H,8,10). The van der Waals surface area contributed by atoms with E-state index in [0.29, 0.717) is 26.1 Å². The summed E-state index contributed by atoms with van der Waals surface area (Å²) in [7, 11) is 0. The van der Waals surface area contributed by atoms with Crippen LogP contribution in [0.2, 0.25) is 0 Å². The van der Waals surface area contributed by atoms with Gasteiger partial charge in [-0.3, -0.25) is 35.1 Å². The van der Waals surface area contributed by atoms with Crippen molar-refractivity contribution in [3.8, 4) is 0 Å². The number of aliphatic hydroxyl groups is 2. The van der Waals surface area contributed by atoms with Gasteiger partial charge in [-0.25, -0.2) is 0 Å². The molecular formula is C58H100BrClN8O8. The Morgan fingerprint density at radius 1 is 0.500 bits per heavy atom. The lowest BCUT2D eigenvalue weighted by Gasteiger charge is -2.35. The van der Waals surface area contributed by atoms with Crippen LogP contribution in [0.1, 0.15) is 173 Å². The summed E-state index contributed by atoms with van der Waals surface area (Å²) in [4.78, 5) is 53.3. The van der Waals surface area contributed by atoms with Crippen molar-refractivity contribution in [3.05, 3.63) is 71.8 Å². The molecule has 0 bridgehead atoms. The maximum absolute atomic E-state index is 12.4. The molecule has 4 amide bonds. The van der Waals surface area contributed by atoms with Crippen molar-refractivity contribution in [1.29, 1.82) is 0 Å². The number of halogens is 2. The molecule has 0 radical (unpaired) electrons. The summed E-state index contributed by atoms with van der Waals surface area (Å²) in [6.07, 6.45) is 7.36. The summed E-state index contributed by atoms with van der Waals surface area (Å²) < 4.78 is 12.8. The summed E-state index contributed by atoms with van der Waals surface area (Å²) >= 11 is 9.61. The second-order valence-electron chi connectivity index (χ2n) is 24.2. The molecule has 2 aromatic carbocycles. The number of hydrogen-bond donors (Lipinski definition) is 6. The zero-order valence-electron chi connectivity index (χ0n) is 49.4. The van der Waals surface area contributed by atoms with Crippen LogP contribution in [0.3, 0.4) is 0 Å². The number of amides is 4. The molecule has 0 saturated carbocycles. The molecule has 0 aliphatic carbocycles. The minimum Gasteiger partial charge on any atom is -0.396 e. The molecule has 4 saturated heterocycles. The van der Waals surface area contributed by atoms with Gasteiger partial charge in [-0.2, -0.15) is 4.42 Å². The smallest absolute Gasteiger partial charge is 0.245 e. The van der Waals surface area contributed by atoms with Gasteiger partial charge in [0.15, 0.2) is 0 Å². The SMILES string of the molecule is BrCCCCOCc1ccccc1.CC1(C)C(=O)N(CCCCO)C(C)(C)N1Cl.CC1(C)NC(=O)C(C)(C)N1.CC1(C)NC(C)(C)N(CCCCO)C1=O.CC1(C)NC(C)(C)N(CCCCOCc2ccccc2)C1=O. The maximum atomic E-state index is 12.4. The van der Waals surface area contributed by atoms with Crippen LogP contribution in [0.15, 0.2) is 60.7 Å². The molecule has 0 spiro atoms. The van der Waals surface area contributed by atoms with Crippen molar-refractivity contribution in [1.82, 2.24) is 40.4 Å². The van der Waals surface area contributed by atoms with Gasteiger partial charge in [0.05, 0.1) is 46.8 Å². The Morgan fingerprint density at radius 2 is 0.882 bits per heavy atom. The first kappa shape index (κ1) is 68.9. The van der Waals surface area contributed by atoms with Crippen LogP contribution < -0.4 is 21.3 Å². The molecule has 4 fully saturated rings. The van der Waals surface area contributed by atoms with Crippen LogP contribution in [0.5, 0.6) is 0 Å². The number of unbranched alkanes of at least 4 members (excludes halogenated alkanes) is 4. The topological polar surface area (TPSA) is 188 Å². The molecule has 4 aliphatic rings. The van der Waals surface area contributed by atoms with Crippen LogP contribution in [0.25, 0.3) is 0 Å². The van der Waals surface area contributed by atoms with Crippen LogP contribution in [0.4, 0.5) is 0 Å². The number of ether oxygens (including phenoxy) is 2. The second kappa shape index (κ2) is 30.4. The first-order chi connectivity index (χ1) is 35.2. The molecule has 4 heterocycles. The summed E-state index contributed by atoms with van der Waals surface area (Å²) in [5.74, 6) is 0.441. The van der Waals surface area contributed by atoms with Crippen molar-refractivity contribution in [2.45, 2.75) is 220 Å². The van der Waals surface area contributed by atoms with Crippen molar-refractivity contribution >= 4 is 51.3 Å². The van der Waals surface area contributed by atoms with Crippen LogP contribution in [-0.4, -0.2) is 149 Å². The molecular weight excluding hydrogens is 1050 g/mol. The van der Waals surface area contributed by atoms with Gasteiger partial charge in [-0.15, -0.1) is 0 Å². The zero-order valence-corrected chi connectivity index (χ0v) is 51.7. The summed E-state index contributed by atoms with van der Waals surface area (Å²) in [5.41, 5.74) is -0.839. The van der Waals surface area contributed by atoms with Crippen molar-refractivity contribution < 1.29 is 38.9 Å². The van der Waals surface area contributed by atoms with Crippen LogP contribution in [0, 0.1) is 0 Å². The molecule has 6 rings (SSSR count). The molecule has 0 unspecified atom stereocenters. The Morgan fingerprint density at radius 3 is 1.17 bits per heavy atom. The van der Waals surface area contributed by atoms with E-state index < -0.39 is 27.8 Å². The Bertz CT molecular complexity index is 2070. The lowest BCUT2D eigenvalue weighted by molar-refractivity contribution is -0.134. The largest absolute Gasteiger partial charge is 0.396 e. The van der Waals surface area contributed by atoms with Crippen LogP contribution >= 0.6 is 27.7 Å². The van der Waals surface area contributed by atoms with Crippen molar-refractivity contribution in [3.63, 3.8) is 0 Å². The lowest BCUT2D eigenvalue weighted by atomic mass is 10.1. The van der Waals surface area contributed by atoms with E-state index in [1.807, 2.05) is 143 Å². The highest BCUT2D eigenvalue weighted by Gasteiger charge is 2.56. The third-order valence-corrected chi connectivity index (χ3v) is 15.0. The van der Waals surface area contributed by atoms with E-state index in [2.05, 4.69) is 75.3 Å².